The molecule has 1 unspecified atom stereocenters. The van der Waals surface area contributed by atoms with Gasteiger partial charge in [0.2, 0.25) is 0 Å². The van der Waals surface area contributed by atoms with Gasteiger partial charge >= 0.3 is 0 Å². The number of hydrogen-bond donors (Lipinski definition) is 1. The molecular formula is C18H19F2N3. The van der Waals surface area contributed by atoms with Crippen LogP contribution in [0.25, 0.3) is 0 Å². The second-order valence-electron chi connectivity index (χ2n) is 6.22. The molecule has 0 fully saturated rings. The zero-order chi connectivity index (χ0) is 16.8. The smallest absolute Gasteiger partial charge is 0.192 e. The first-order valence-corrected chi connectivity index (χ1v) is 7.42. The van der Waals surface area contributed by atoms with Crippen LogP contribution in [-0.2, 0) is 5.54 Å². The van der Waals surface area contributed by atoms with Crippen LogP contribution < -0.4 is 5.73 Å². The summed E-state index contributed by atoms with van der Waals surface area (Å²) in [6, 6.07) is 9.56. The number of halogens is 2. The summed E-state index contributed by atoms with van der Waals surface area (Å²) in [6.45, 7) is 4.41. The van der Waals surface area contributed by atoms with E-state index in [0.717, 1.165) is 22.8 Å². The van der Waals surface area contributed by atoms with Crippen molar-refractivity contribution in [3.8, 4) is 0 Å². The summed E-state index contributed by atoms with van der Waals surface area (Å²) in [7, 11) is 1.82. The van der Waals surface area contributed by atoms with Crippen molar-refractivity contribution in [2.75, 3.05) is 13.6 Å². The quantitative estimate of drug-likeness (QED) is 0.925. The van der Waals surface area contributed by atoms with Crippen LogP contribution in [0, 0.1) is 25.5 Å². The fourth-order valence-electron chi connectivity index (χ4n) is 3.22. The number of nitrogens with two attached hydrogens (primary N) is 1. The molecule has 5 heteroatoms. The molecule has 2 aromatic carbocycles. The Bertz CT molecular complexity index is 707. The highest BCUT2D eigenvalue weighted by molar-refractivity contribution is 5.81. The molecule has 0 spiro atoms. The molecule has 3 rings (SSSR count). The van der Waals surface area contributed by atoms with Gasteiger partial charge in [-0.15, -0.1) is 0 Å². The largest absolute Gasteiger partial charge is 0.370 e. The van der Waals surface area contributed by atoms with Crippen molar-refractivity contribution in [2.45, 2.75) is 19.4 Å². The van der Waals surface area contributed by atoms with Gasteiger partial charge in [-0.05, 0) is 37.1 Å². The van der Waals surface area contributed by atoms with E-state index in [9.17, 15) is 8.78 Å². The summed E-state index contributed by atoms with van der Waals surface area (Å²) >= 11 is 0. The Morgan fingerprint density at radius 2 is 1.48 bits per heavy atom. The molecule has 0 aliphatic carbocycles. The van der Waals surface area contributed by atoms with Gasteiger partial charge in [0.25, 0.3) is 0 Å². The molecule has 2 N–H and O–H groups in total. The summed E-state index contributed by atoms with van der Waals surface area (Å²) in [5, 5.41) is 0. The third-order valence-corrected chi connectivity index (χ3v) is 4.20. The number of benzene rings is 2. The highest BCUT2D eigenvalue weighted by atomic mass is 19.1. The van der Waals surface area contributed by atoms with E-state index in [2.05, 4.69) is 11.1 Å². The molecule has 2 aromatic rings. The van der Waals surface area contributed by atoms with Gasteiger partial charge in [0.05, 0.1) is 6.54 Å². The summed E-state index contributed by atoms with van der Waals surface area (Å²) in [4.78, 5) is 6.39. The number of guanidine groups is 1. The van der Waals surface area contributed by atoms with Crippen molar-refractivity contribution in [2.24, 2.45) is 10.7 Å². The van der Waals surface area contributed by atoms with Crippen LogP contribution in [0.5, 0.6) is 0 Å². The summed E-state index contributed by atoms with van der Waals surface area (Å²) in [5.41, 5.74) is 8.55. The van der Waals surface area contributed by atoms with Gasteiger partial charge in [-0.25, -0.2) is 13.8 Å². The average Bonchev–Trinajstić information content (AvgIpc) is 2.74. The normalized spacial score (nSPS) is 20.7. The zero-order valence-corrected chi connectivity index (χ0v) is 13.4. The first-order chi connectivity index (χ1) is 10.8. The molecule has 0 bridgehead atoms. The summed E-state index contributed by atoms with van der Waals surface area (Å²) in [5.74, 6) is -0.882. The van der Waals surface area contributed by atoms with Crippen molar-refractivity contribution >= 4 is 5.96 Å². The Morgan fingerprint density at radius 3 is 1.96 bits per heavy atom. The van der Waals surface area contributed by atoms with Crippen molar-refractivity contribution in [1.82, 2.24) is 4.90 Å². The van der Waals surface area contributed by atoms with Crippen molar-refractivity contribution in [3.05, 3.63) is 70.3 Å². The lowest BCUT2D eigenvalue weighted by Crippen LogP contribution is -2.35. The van der Waals surface area contributed by atoms with Crippen LogP contribution in [-0.4, -0.2) is 24.5 Å². The predicted octanol–water partition coefficient (Wildman–Crippen LogP) is 3.09. The maximum Gasteiger partial charge on any atom is 0.192 e. The number of nitrogens with zero attached hydrogens (tertiary/aromatic N) is 2. The Morgan fingerprint density at radius 1 is 0.957 bits per heavy atom. The fourth-order valence-corrected chi connectivity index (χ4v) is 3.22. The number of likely N-dealkylation sites (N-methyl/N-ethyl adjacent to an activating group) is 1. The lowest BCUT2D eigenvalue weighted by molar-refractivity contribution is 0.428. The van der Waals surface area contributed by atoms with E-state index in [-0.39, 0.29) is 0 Å². The maximum atomic E-state index is 13.8. The minimum absolute atomic E-state index is 0.355. The lowest BCUT2D eigenvalue weighted by Gasteiger charge is -2.29. The third-order valence-electron chi connectivity index (χ3n) is 4.20. The SMILES string of the molecule is Cc1cc(C)cc(C2(c3cc(F)cc(F)c3)CN(C)C(N)=N2)c1. The van der Waals surface area contributed by atoms with Crippen LogP contribution in [0.3, 0.4) is 0 Å². The van der Waals surface area contributed by atoms with Crippen LogP contribution in [0.15, 0.2) is 41.4 Å². The second kappa shape index (κ2) is 5.33. The van der Waals surface area contributed by atoms with E-state index < -0.39 is 17.2 Å². The molecule has 0 saturated heterocycles. The van der Waals surface area contributed by atoms with E-state index in [0.29, 0.717) is 18.1 Å². The van der Waals surface area contributed by atoms with Gasteiger partial charge < -0.3 is 10.6 Å². The zero-order valence-electron chi connectivity index (χ0n) is 13.4. The summed E-state index contributed by atoms with van der Waals surface area (Å²) < 4.78 is 27.6. The topological polar surface area (TPSA) is 41.6 Å². The minimum Gasteiger partial charge on any atom is -0.370 e. The molecule has 23 heavy (non-hydrogen) atoms. The highest BCUT2D eigenvalue weighted by Gasteiger charge is 2.41. The van der Waals surface area contributed by atoms with Gasteiger partial charge in [0.1, 0.15) is 17.2 Å². The van der Waals surface area contributed by atoms with Gasteiger partial charge in [-0.3, -0.25) is 0 Å². The van der Waals surface area contributed by atoms with Crippen LogP contribution in [0.2, 0.25) is 0 Å². The predicted molar refractivity (Wildman–Crippen MR) is 87.3 cm³/mol. The first kappa shape index (κ1) is 15.5. The standard InChI is InChI=1S/C18H19F2N3/c1-11-4-12(2)6-13(5-11)18(10-23(3)17(21)22-18)14-7-15(19)9-16(20)8-14/h4-9H,10H2,1-3H3,(H2,21,22). The molecule has 1 aliphatic rings. The van der Waals surface area contributed by atoms with Crippen LogP contribution in [0.4, 0.5) is 8.78 Å². The van der Waals surface area contributed by atoms with E-state index in [1.165, 1.54) is 12.1 Å². The monoisotopic (exact) mass is 315 g/mol. The Balaban J connectivity index is 2.28. The number of aryl methyl sites for hydroxylation is 2. The van der Waals surface area contributed by atoms with Gasteiger partial charge in [-0.1, -0.05) is 29.3 Å². The van der Waals surface area contributed by atoms with Crippen molar-refractivity contribution in [1.29, 1.82) is 0 Å². The Hall–Kier alpha value is -2.43. The van der Waals surface area contributed by atoms with E-state index in [1.807, 2.05) is 33.0 Å². The van der Waals surface area contributed by atoms with Crippen molar-refractivity contribution < 1.29 is 8.78 Å². The summed E-state index contributed by atoms with van der Waals surface area (Å²) in [6.07, 6.45) is 0. The fraction of sp³-hybridized carbons (Fsp3) is 0.278. The van der Waals surface area contributed by atoms with Gasteiger partial charge in [0, 0.05) is 13.1 Å². The first-order valence-electron chi connectivity index (χ1n) is 7.42. The van der Waals surface area contributed by atoms with Gasteiger partial charge in [-0.2, -0.15) is 0 Å². The molecule has 1 atom stereocenters. The molecule has 1 aliphatic heterocycles. The minimum atomic E-state index is -0.904. The molecule has 0 aromatic heterocycles. The molecule has 0 saturated carbocycles. The molecule has 3 nitrogen and oxygen atoms in total. The maximum absolute atomic E-state index is 13.8. The van der Waals surface area contributed by atoms with Crippen molar-refractivity contribution in [3.63, 3.8) is 0 Å². The Labute approximate surface area is 134 Å². The second-order valence-corrected chi connectivity index (χ2v) is 6.22. The number of aliphatic imine (C=N–C) groups is 1. The molecular weight excluding hydrogens is 296 g/mol. The Kier molecular flexibility index (Phi) is 3.59. The molecule has 1 heterocycles. The third kappa shape index (κ3) is 2.67. The number of hydrogen-bond acceptors (Lipinski definition) is 3. The van der Waals surface area contributed by atoms with E-state index in [1.54, 1.807) is 4.90 Å². The average molecular weight is 315 g/mol. The van der Waals surface area contributed by atoms with Crippen LogP contribution in [0.1, 0.15) is 22.3 Å². The lowest BCUT2D eigenvalue weighted by atomic mass is 9.82. The van der Waals surface area contributed by atoms with E-state index >= 15 is 0 Å². The highest BCUT2D eigenvalue weighted by Crippen LogP contribution is 2.39. The molecule has 0 amide bonds. The molecule has 0 radical (unpaired) electrons. The van der Waals surface area contributed by atoms with E-state index in [4.69, 9.17) is 5.73 Å². The number of rotatable bonds is 2. The molecule has 120 valence electrons. The van der Waals surface area contributed by atoms with Gasteiger partial charge in [0.15, 0.2) is 5.96 Å². The van der Waals surface area contributed by atoms with Crippen LogP contribution >= 0.6 is 0 Å².